The van der Waals surface area contributed by atoms with Gasteiger partial charge < -0.3 is 14.4 Å². The molecular weight excluding hydrogens is 877 g/mol. The Balaban J connectivity index is 0.000000183. The average Bonchev–Trinajstić information content (AvgIpc) is 3.91. The number of hydrogen-bond donors (Lipinski definition) is 0. The topological polar surface area (TPSA) is 38.9 Å². The van der Waals surface area contributed by atoms with E-state index in [0.717, 1.165) is 55.9 Å². The van der Waals surface area contributed by atoms with E-state index in [2.05, 4.69) is 160 Å². The van der Waals surface area contributed by atoms with E-state index >= 15 is 0 Å². The molecule has 5 aromatic carbocycles. The van der Waals surface area contributed by atoms with Gasteiger partial charge in [0.15, 0.2) is 0 Å². The van der Waals surface area contributed by atoms with Crippen LogP contribution in [0.15, 0.2) is 150 Å². The molecule has 0 bridgehead atoms. The third-order valence-corrected chi connectivity index (χ3v) is 13.5. The van der Waals surface area contributed by atoms with Gasteiger partial charge in [-0.3, -0.25) is 0 Å². The summed E-state index contributed by atoms with van der Waals surface area (Å²) in [6.45, 7) is 11.8. The number of benzene rings is 5. The Morgan fingerprint density at radius 3 is 1.98 bits per heavy atom. The van der Waals surface area contributed by atoms with Crippen LogP contribution in [0.1, 0.15) is 45.1 Å². The first-order chi connectivity index (χ1) is 26.6. The molecule has 0 aliphatic heterocycles. The Morgan fingerprint density at radius 2 is 1.32 bits per heavy atom. The van der Waals surface area contributed by atoms with Crippen LogP contribution in [0.4, 0.5) is 0 Å². The normalized spacial score (nSPS) is 13.3. The van der Waals surface area contributed by atoms with Gasteiger partial charge in [-0.15, -0.1) is 53.6 Å². The average molecular weight is 925 g/mol. The Bertz CT molecular complexity index is 2550. The molecule has 1 fully saturated rings. The molecule has 3 heterocycles. The fraction of sp³-hybridized carbons (Fsp3) is 0.216. The number of aromatic nitrogens is 2. The van der Waals surface area contributed by atoms with Gasteiger partial charge in [-0.05, 0) is 75.1 Å². The molecule has 0 atom stereocenters. The van der Waals surface area contributed by atoms with Gasteiger partial charge in [0.1, 0.15) is 5.58 Å². The smallest absolute Gasteiger partial charge is 0.121 e. The largest absolute Gasteiger partial charge is 0.501 e. The molecule has 3 aromatic heterocycles. The molecule has 1 aliphatic rings. The summed E-state index contributed by atoms with van der Waals surface area (Å²) < 4.78 is 6.45. The first-order valence-electron chi connectivity index (χ1n) is 19.6. The van der Waals surface area contributed by atoms with Gasteiger partial charge in [0.2, 0.25) is 0 Å². The van der Waals surface area contributed by atoms with Crippen molar-refractivity contribution in [1.82, 2.24) is 9.97 Å². The molecule has 8 aromatic rings. The second-order valence-electron chi connectivity index (χ2n) is 16.4. The van der Waals surface area contributed by atoms with E-state index in [1.165, 1.54) is 53.1 Å². The third-order valence-electron chi connectivity index (χ3n) is 11.5. The van der Waals surface area contributed by atoms with Gasteiger partial charge in [0.05, 0.1) is 13.7 Å². The molecule has 0 spiro atoms. The minimum absolute atomic E-state index is 0. The van der Waals surface area contributed by atoms with E-state index < -0.39 is 8.07 Å². The van der Waals surface area contributed by atoms with Crippen LogP contribution >= 0.6 is 0 Å². The first kappa shape index (κ1) is 39.3. The fourth-order valence-corrected chi connectivity index (χ4v) is 9.05. The van der Waals surface area contributed by atoms with Crippen molar-refractivity contribution >= 4 is 35.2 Å². The minimum atomic E-state index is -1.29. The summed E-state index contributed by atoms with van der Waals surface area (Å²) >= 11 is 0. The zero-order valence-electron chi connectivity index (χ0n) is 32.9. The van der Waals surface area contributed by atoms with Gasteiger partial charge in [-0.2, -0.15) is 0 Å². The predicted molar refractivity (Wildman–Crippen MR) is 233 cm³/mol. The molecule has 3 nitrogen and oxygen atoms in total. The van der Waals surface area contributed by atoms with Crippen molar-refractivity contribution in [2.45, 2.75) is 64.6 Å². The van der Waals surface area contributed by atoms with Crippen molar-refractivity contribution in [3.8, 4) is 44.8 Å². The molecule has 0 amide bonds. The second kappa shape index (κ2) is 16.7. The summed E-state index contributed by atoms with van der Waals surface area (Å²) in [6.07, 6.45) is 9.32. The fourth-order valence-electron chi connectivity index (χ4n) is 8.01. The van der Waals surface area contributed by atoms with E-state index in [0.29, 0.717) is 0 Å². The van der Waals surface area contributed by atoms with Crippen LogP contribution < -0.4 is 5.19 Å². The van der Waals surface area contributed by atoms with Crippen molar-refractivity contribution < 1.29 is 24.5 Å². The quantitative estimate of drug-likeness (QED) is 0.118. The van der Waals surface area contributed by atoms with Crippen molar-refractivity contribution in [3.63, 3.8) is 0 Å². The van der Waals surface area contributed by atoms with Crippen LogP contribution in [-0.2, 0) is 25.5 Å². The number of hydrogen-bond acceptors (Lipinski definition) is 3. The summed E-state index contributed by atoms with van der Waals surface area (Å²) in [6, 6.07) is 53.2. The van der Waals surface area contributed by atoms with E-state index in [-0.39, 0.29) is 25.5 Å². The molecule has 56 heavy (non-hydrogen) atoms. The molecule has 1 saturated carbocycles. The molecule has 1 radical (unpaired) electrons. The van der Waals surface area contributed by atoms with Crippen molar-refractivity contribution in [1.29, 1.82) is 0 Å². The monoisotopic (exact) mass is 925 g/mol. The third kappa shape index (κ3) is 8.27. The number of rotatable bonds is 7. The number of fused-ring (bicyclic) bond motifs is 3. The van der Waals surface area contributed by atoms with Crippen LogP contribution in [0, 0.1) is 18.1 Å². The molecular formula is C51H48IrN2OSi-2. The molecule has 0 saturated heterocycles. The van der Waals surface area contributed by atoms with E-state index in [4.69, 9.17) is 9.40 Å². The number of pyridine rings is 2. The summed E-state index contributed by atoms with van der Waals surface area (Å²) in [5.41, 5.74) is 11.9. The van der Waals surface area contributed by atoms with Crippen molar-refractivity contribution in [3.05, 3.63) is 164 Å². The number of furan rings is 1. The summed E-state index contributed by atoms with van der Waals surface area (Å²) in [5, 5.41) is 3.62. The standard InChI is InChI=1S/C31H28NO.C20H20NSi.Ir/c1-31(2,23-11-6-7-12-23)24-17-18-32-28(20-24)27-14-8-13-26-25-16-15-22(19-29(25)33-30(26)27)21-9-4-3-5-10-21;1-22(2,3)19-12-13-20(21-15-19)18-11-7-10-17(14-18)16-8-5-4-6-9-16;/h3-5,8-10,13,15-20,23H,6-7,11-12H2,1-2H3;4-10,12-15H,1-3H3;/q2*-1;. The van der Waals surface area contributed by atoms with Gasteiger partial charge in [-0.1, -0.05) is 148 Å². The van der Waals surface area contributed by atoms with Crippen molar-refractivity contribution in [2.24, 2.45) is 5.92 Å². The minimum Gasteiger partial charge on any atom is -0.501 e. The molecule has 1 aliphatic carbocycles. The maximum Gasteiger partial charge on any atom is 0.121 e. The molecule has 0 unspecified atom stereocenters. The van der Waals surface area contributed by atoms with Gasteiger partial charge in [0, 0.05) is 37.9 Å². The number of nitrogens with zero attached hydrogens (tertiary/aromatic N) is 2. The van der Waals surface area contributed by atoms with Crippen LogP contribution in [0.3, 0.4) is 0 Å². The molecule has 0 N–H and O–H groups in total. The Hall–Kier alpha value is -4.93. The molecule has 5 heteroatoms. The van der Waals surface area contributed by atoms with Crippen molar-refractivity contribution in [2.75, 3.05) is 0 Å². The molecule has 9 rings (SSSR count). The first-order valence-corrected chi connectivity index (χ1v) is 23.1. The van der Waals surface area contributed by atoms with E-state index in [1.54, 1.807) is 0 Å². The Labute approximate surface area is 346 Å². The Kier molecular flexibility index (Phi) is 11.7. The summed E-state index contributed by atoms with van der Waals surface area (Å²) in [7, 11) is -1.29. The Morgan fingerprint density at radius 1 is 0.643 bits per heavy atom. The van der Waals surface area contributed by atoms with E-state index in [1.807, 2.05) is 36.7 Å². The molecule has 283 valence electrons. The van der Waals surface area contributed by atoms with Gasteiger partial charge >= 0.3 is 0 Å². The summed E-state index contributed by atoms with van der Waals surface area (Å²) in [4.78, 5) is 9.40. The zero-order chi connectivity index (χ0) is 38.0. The second-order valence-corrected chi connectivity index (χ2v) is 21.5. The summed E-state index contributed by atoms with van der Waals surface area (Å²) in [5.74, 6) is 0.732. The zero-order valence-corrected chi connectivity index (χ0v) is 36.3. The van der Waals surface area contributed by atoms with Crippen LogP contribution in [0.5, 0.6) is 0 Å². The van der Waals surface area contributed by atoms with E-state index in [9.17, 15) is 0 Å². The van der Waals surface area contributed by atoms with Crippen LogP contribution in [0.25, 0.3) is 66.7 Å². The maximum atomic E-state index is 6.45. The van der Waals surface area contributed by atoms with Gasteiger partial charge in [0.25, 0.3) is 0 Å². The van der Waals surface area contributed by atoms with Gasteiger partial charge in [-0.25, -0.2) is 0 Å². The SMILES string of the molecule is CC(C)(c1ccnc(-c2[c-]ccc3c2oc2cc(-c4ccccc4)ccc23)c1)C1CCCC1.C[Si](C)(C)c1ccc(-c2[c-]ccc(-c3ccccc3)c2)nc1.[Ir]. The predicted octanol–water partition coefficient (Wildman–Crippen LogP) is 13.3. The maximum absolute atomic E-state index is 6.45. The van der Waals surface area contributed by atoms with Crippen LogP contribution in [0.2, 0.25) is 19.6 Å². The van der Waals surface area contributed by atoms with Crippen LogP contribution in [-0.4, -0.2) is 18.0 Å².